The van der Waals surface area contributed by atoms with Crippen LogP contribution in [0, 0.1) is 5.92 Å². The molecule has 0 atom stereocenters. The molecule has 3 rings (SSSR count). The molecule has 110 valence electrons. The third-order valence-corrected chi connectivity index (χ3v) is 4.11. The van der Waals surface area contributed by atoms with E-state index in [4.69, 9.17) is 11.6 Å². The second-order valence-electron chi connectivity index (χ2n) is 5.33. The van der Waals surface area contributed by atoms with Crippen LogP contribution in [-0.2, 0) is 13.1 Å². The first-order chi connectivity index (χ1) is 10.2. The number of anilines is 1. The fourth-order valence-corrected chi connectivity index (χ4v) is 2.55. The standard InChI is InChI=1S/C15H17ClN4O/c16-13-9-19-20(10-11-4-3-5-11)15(21)14(13)18-8-12-6-1-2-7-17-12/h1-2,6-7,9,11,18H,3-5,8,10H2. The first kappa shape index (κ1) is 14.1. The van der Waals surface area contributed by atoms with E-state index >= 15 is 0 Å². The number of halogens is 1. The Morgan fingerprint density at radius 2 is 2.24 bits per heavy atom. The van der Waals surface area contributed by atoms with Gasteiger partial charge in [0.15, 0.2) is 0 Å². The molecule has 1 fully saturated rings. The number of rotatable bonds is 5. The van der Waals surface area contributed by atoms with Crippen molar-refractivity contribution in [1.82, 2.24) is 14.8 Å². The number of pyridine rings is 1. The van der Waals surface area contributed by atoms with E-state index in [1.54, 1.807) is 6.20 Å². The van der Waals surface area contributed by atoms with Gasteiger partial charge in [0.2, 0.25) is 0 Å². The molecule has 0 bridgehead atoms. The van der Waals surface area contributed by atoms with E-state index in [1.165, 1.54) is 30.1 Å². The van der Waals surface area contributed by atoms with Crippen molar-refractivity contribution in [3.63, 3.8) is 0 Å². The predicted octanol–water partition coefficient (Wildman–Crippen LogP) is 2.70. The van der Waals surface area contributed by atoms with E-state index < -0.39 is 0 Å². The third-order valence-electron chi connectivity index (χ3n) is 3.83. The normalized spacial score (nSPS) is 14.7. The molecule has 1 N–H and O–H groups in total. The number of hydrogen-bond acceptors (Lipinski definition) is 4. The van der Waals surface area contributed by atoms with Crippen LogP contribution in [0.3, 0.4) is 0 Å². The number of nitrogens with one attached hydrogen (secondary N) is 1. The van der Waals surface area contributed by atoms with Gasteiger partial charge in [-0.2, -0.15) is 5.10 Å². The summed E-state index contributed by atoms with van der Waals surface area (Å²) < 4.78 is 1.51. The largest absolute Gasteiger partial charge is 0.374 e. The Morgan fingerprint density at radius 3 is 2.90 bits per heavy atom. The van der Waals surface area contributed by atoms with Crippen molar-refractivity contribution in [3.8, 4) is 0 Å². The average molecular weight is 305 g/mol. The van der Waals surface area contributed by atoms with Crippen LogP contribution in [0.4, 0.5) is 5.69 Å². The molecule has 0 radical (unpaired) electrons. The van der Waals surface area contributed by atoms with Gasteiger partial charge in [-0.3, -0.25) is 9.78 Å². The summed E-state index contributed by atoms with van der Waals surface area (Å²) in [7, 11) is 0. The zero-order valence-electron chi connectivity index (χ0n) is 11.6. The smallest absolute Gasteiger partial charge is 0.291 e. The summed E-state index contributed by atoms with van der Waals surface area (Å²) in [4.78, 5) is 16.6. The van der Waals surface area contributed by atoms with Crippen LogP contribution in [0.5, 0.6) is 0 Å². The van der Waals surface area contributed by atoms with E-state index in [0.29, 0.717) is 29.7 Å². The minimum atomic E-state index is -0.162. The fourth-order valence-electron chi connectivity index (χ4n) is 2.36. The summed E-state index contributed by atoms with van der Waals surface area (Å²) >= 11 is 6.09. The van der Waals surface area contributed by atoms with Gasteiger partial charge in [0.05, 0.1) is 23.5 Å². The molecule has 1 saturated carbocycles. The van der Waals surface area contributed by atoms with Crippen molar-refractivity contribution >= 4 is 17.3 Å². The summed E-state index contributed by atoms with van der Waals surface area (Å²) in [5.41, 5.74) is 1.09. The Hall–Kier alpha value is -1.88. The molecule has 2 heterocycles. The maximum atomic E-state index is 12.4. The Kier molecular flexibility index (Phi) is 4.20. The molecule has 0 spiro atoms. The highest BCUT2D eigenvalue weighted by atomic mass is 35.5. The highest BCUT2D eigenvalue weighted by Crippen LogP contribution is 2.27. The zero-order valence-corrected chi connectivity index (χ0v) is 12.4. The summed E-state index contributed by atoms with van der Waals surface area (Å²) in [5, 5.41) is 7.56. The van der Waals surface area contributed by atoms with Gasteiger partial charge in [0, 0.05) is 12.7 Å². The Morgan fingerprint density at radius 1 is 1.38 bits per heavy atom. The first-order valence-electron chi connectivity index (χ1n) is 7.13. The van der Waals surface area contributed by atoms with Crippen molar-refractivity contribution in [3.05, 3.63) is 51.7 Å². The second kappa shape index (κ2) is 6.26. The molecule has 0 unspecified atom stereocenters. The molecule has 6 heteroatoms. The van der Waals surface area contributed by atoms with E-state index in [-0.39, 0.29) is 5.56 Å². The minimum absolute atomic E-state index is 0.162. The van der Waals surface area contributed by atoms with Gasteiger partial charge in [-0.15, -0.1) is 0 Å². The molecule has 2 aromatic heterocycles. The van der Waals surface area contributed by atoms with Gasteiger partial charge < -0.3 is 5.32 Å². The fraction of sp³-hybridized carbons (Fsp3) is 0.400. The SMILES string of the molecule is O=c1c(NCc2ccccn2)c(Cl)cnn1CC1CCC1. The van der Waals surface area contributed by atoms with E-state index in [2.05, 4.69) is 15.4 Å². The maximum absolute atomic E-state index is 12.4. The van der Waals surface area contributed by atoms with Gasteiger partial charge in [0.1, 0.15) is 5.69 Å². The van der Waals surface area contributed by atoms with Crippen LogP contribution in [-0.4, -0.2) is 14.8 Å². The minimum Gasteiger partial charge on any atom is -0.374 e. The summed E-state index contributed by atoms with van der Waals surface area (Å²) in [6.45, 7) is 1.14. The van der Waals surface area contributed by atoms with Crippen molar-refractivity contribution in [2.45, 2.75) is 32.4 Å². The van der Waals surface area contributed by atoms with Crippen molar-refractivity contribution < 1.29 is 0 Å². The highest BCUT2D eigenvalue weighted by Gasteiger charge is 2.20. The lowest BCUT2D eigenvalue weighted by Gasteiger charge is -2.25. The predicted molar refractivity (Wildman–Crippen MR) is 82.4 cm³/mol. The molecule has 5 nitrogen and oxygen atoms in total. The van der Waals surface area contributed by atoms with Crippen LogP contribution in [0.2, 0.25) is 5.02 Å². The summed E-state index contributed by atoms with van der Waals surface area (Å²) in [5.74, 6) is 0.569. The zero-order chi connectivity index (χ0) is 14.7. The molecular formula is C15H17ClN4O. The number of hydrogen-bond donors (Lipinski definition) is 1. The first-order valence-corrected chi connectivity index (χ1v) is 7.51. The topological polar surface area (TPSA) is 59.8 Å². The van der Waals surface area contributed by atoms with Gasteiger partial charge in [-0.25, -0.2) is 4.68 Å². The van der Waals surface area contributed by atoms with Gasteiger partial charge in [-0.05, 0) is 30.9 Å². The molecule has 1 aliphatic carbocycles. The van der Waals surface area contributed by atoms with Gasteiger partial charge in [0.25, 0.3) is 5.56 Å². The lowest BCUT2D eigenvalue weighted by atomic mass is 9.85. The second-order valence-corrected chi connectivity index (χ2v) is 5.73. The van der Waals surface area contributed by atoms with Gasteiger partial charge in [-0.1, -0.05) is 24.1 Å². The van der Waals surface area contributed by atoms with Crippen LogP contribution >= 0.6 is 11.6 Å². The lowest BCUT2D eigenvalue weighted by Crippen LogP contribution is -2.30. The van der Waals surface area contributed by atoms with Crippen LogP contribution in [0.1, 0.15) is 25.0 Å². The average Bonchev–Trinajstić information content (AvgIpc) is 2.45. The quantitative estimate of drug-likeness (QED) is 0.922. The van der Waals surface area contributed by atoms with Gasteiger partial charge >= 0.3 is 0 Å². The monoisotopic (exact) mass is 304 g/mol. The lowest BCUT2D eigenvalue weighted by molar-refractivity contribution is 0.262. The van der Waals surface area contributed by atoms with Crippen molar-refractivity contribution in [1.29, 1.82) is 0 Å². The van der Waals surface area contributed by atoms with E-state index in [9.17, 15) is 4.79 Å². The van der Waals surface area contributed by atoms with Crippen LogP contribution in [0.25, 0.3) is 0 Å². The Labute approximate surface area is 128 Å². The van der Waals surface area contributed by atoms with Crippen molar-refractivity contribution in [2.75, 3.05) is 5.32 Å². The molecule has 0 aromatic carbocycles. The summed E-state index contributed by atoms with van der Waals surface area (Å²) in [6.07, 6.45) is 6.85. The Balaban J connectivity index is 1.77. The van der Waals surface area contributed by atoms with Crippen molar-refractivity contribution in [2.24, 2.45) is 5.92 Å². The molecule has 0 saturated heterocycles. The molecule has 21 heavy (non-hydrogen) atoms. The molecule has 1 aliphatic rings. The van der Waals surface area contributed by atoms with E-state index in [1.807, 2.05) is 18.2 Å². The highest BCUT2D eigenvalue weighted by molar-refractivity contribution is 6.32. The summed E-state index contributed by atoms with van der Waals surface area (Å²) in [6, 6.07) is 5.66. The van der Waals surface area contributed by atoms with Crippen LogP contribution < -0.4 is 10.9 Å². The maximum Gasteiger partial charge on any atom is 0.291 e. The molecular weight excluding hydrogens is 288 g/mol. The van der Waals surface area contributed by atoms with Crippen LogP contribution in [0.15, 0.2) is 35.4 Å². The van der Waals surface area contributed by atoms with E-state index in [0.717, 1.165) is 5.69 Å². The number of nitrogens with zero attached hydrogens (tertiary/aromatic N) is 3. The molecule has 2 aromatic rings. The molecule has 0 aliphatic heterocycles. The Bertz CT molecular complexity index is 667. The molecule has 0 amide bonds. The third kappa shape index (κ3) is 3.24. The number of aromatic nitrogens is 3.